The highest BCUT2D eigenvalue weighted by molar-refractivity contribution is 5.97. The van der Waals surface area contributed by atoms with Crippen LogP contribution < -0.4 is 16.2 Å². The highest BCUT2D eigenvalue weighted by atomic mass is 16.5. The van der Waals surface area contributed by atoms with Gasteiger partial charge in [0.1, 0.15) is 6.10 Å². The number of benzene rings is 1. The summed E-state index contributed by atoms with van der Waals surface area (Å²) < 4.78 is 6.93. The van der Waals surface area contributed by atoms with Crippen molar-refractivity contribution in [3.63, 3.8) is 0 Å². The molecule has 0 saturated carbocycles. The fourth-order valence-electron chi connectivity index (χ4n) is 2.82. The fourth-order valence-corrected chi connectivity index (χ4v) is 2.82. The van der Waals surface area contributed by atoms with E-state index in [1.165, 1.54) is 6.07 Å². The lowest BCUT2D eigenvalue weighted by molar-refractivity contribution is 0.0914. The van der Waals surface area contributed by atoms with Gasteiger partial charge in [0.25, 0.3) is 5.91 Å². The number of hydrogen-bond donors (Lipinski definition) is 4. The van der Waals surface area contributed by atoms with Gasteiger partial charge in [0.2, 0.25) is 11.5 Å². The Kier molecular flexibility index (Phi) is 6.07. The van der Waals surface area contributed by atoms with Crippen molar-refractivity contribution in [3.8, 4) is 0 Å². The van der Waals surface area contributed by atoms with Crippen molar-refractivity contribution in [1.82, 2.24) is 19.9 Å². The lowest BCUT2D eigenvalue weighted by Crippen LogP contribution is -2.29. The first-order valence-corrected chi connectivity index (χ1v) is 8.84. The van der Waals surface area contributed by atoms with Gasteiger partial charge in [-0.25, -0.2) is 4.98 Å². The van der Waals surface area contributed by atoms with Gasteiger partial charge in [-0.05, 0) is 24.3 Å². The van der Waals surface area contributed by atoms with Gasteiger partial charge in [-0.3, -0.25) is 9.59 Å². The fraction of sp³-hybridized carbons (Fsp3) is 0.316. The Morgan fingerprint density at radius 1 is 1.36 bits per heavy atom. The number of hydrogen-bond acceptors (Lipinski definition) is 6. The third-order valence-corrected chi connectivity index (χ3v) is 4.34. The van der Waals surface area contributed by atoms with Crippen molar-refractivity contribution < 1.29 is 14.6 Å². The van der Waals surface area contributed by atoms with Crippen LogP contribution in [0.5, 0.6) is 0 Å². The Morgan fingerprint density at radius 3 is 2.93 bits per heavy atom. The number of aryl methyl sites for hydroxylation is 1. The van der Waals surface area contributed by atoms with E-state index in [4.69, 9.17) is 4.74 Å². The number of methoxy groups -OCH3 is 1. The molecule has 0 aliphatic heterocycles. The summed E-state index contributed by atoms with van der Waals surface area (Å²) in [6.45, 7) is 1.16. The number of aliphatic hydroxyl groups excluding tert-OH is 1. The predicted octanol–water partition coefficient (Wildman–Crippen LogP) is 0.783. The highest BCUT2D eigenvalue weighted by Gasteiger charge is 2.14. The largest absolute Gasteiger partial charge is 0.385 e. The first-order valence-electron chi connectivity index (χ1n) is 8.84. The van der Waals surface area contributed by atoms with Crippen LogP contribution in [-0.4, -0.2) is 52.4 Å². The summed E-state index contributed by atoms with van der Waals surface area (Å²) in [5.41, 5.74) is 2.04. The minimum absolute atomic E-state index is 0.0249. The van der Waals surface area contributed by atoms with E-state index >= 15 is 0 Å². The Morgan fingerprint density at radius 2 is 2.18 bits per heavy atom. The molecule has 0 aliphatic rings. The Balaban J connectivity index is 1.68. The number of imidazole rings is 1. The quantitative estimate of drug-likeness (QED) is 0.425. The summed E-state index contributed by atoms with van der Waals surface area (Å²) >= 11 is 0. The second-order valence-corrected chi connectivity index (χ2v) is 6.31. The predicted molar refractivity (Wildman–Crippen MR) is 105 cm³/mol. The minimum Gasteiger partial charge on any atom is -0.385 e. The Hall–Kier alpha value is -3.17. The molecule has 2 heterocycles. The maximum atomic E-state index is 12.4. The molecule has 3 rings (SSSR count). The topological polar surface area (TPSA) is 121 Å². The number of anilines is 1. The molecule has 1 amide bonds. The SMILES string of the molecule is COCCNc1nc2cc(C(=O)NCC(O)c3cccc(=O)[nH]3)ccc2n1C. The Labute approximate surface area is 161 Å². The second kappa shape index (κ2) is 8.68. The zero-order valence-electron chi connectivity index (χ0n) is 15.7. The van der Waals surface area contributed by atoms with E-state index in [1.54, 1.807) is 31.4 Å². The summed E-state index contributed by atoms with van der Waals surface area (Å²) in [4.78, 5) is 30.8. The molecule has 1 unspecified atom stereocenters. The van der Waals surface area contributed by atoms with Crippen LogP contribution in [0.4, 0.5) is 5.95 Å². The van der Waals surface area contributed by atoms with Crippen LogP contribution in [0.1, 0.15) is 22.2 Å². The molecule has 3 aromatic rings. The number of rotatable bonds is 8. The number of nitrogens with zero attached hydrogens (tertiary/aromatic N) is 2. The number of nitrogens with one attached hydrogen (secondary N) is 3. The van der Waals surface area contributed by atoms with E-state index < -0.39 is 6.10 Å². The molecule has 9 heteroatoms. The number of amides is 1. The number of aromatic amines is 1. The third-order valence-electron chi connectivity index (χ3n) is 4.34. The zero-order valence-corrected chi connectivity index (χ0v) is 15.7. The van der Waals surface area contributed by atoms with E-state index in [2.05, 4.69) is 20.6 Å². The highest BCUT2D eigenvalue weighted by Crippen LogP contribution is 2.19. The molecule has 4 N–H and O–H groups in total. The third kappa shape index (κ3) is 4.38. The number of ether oxygens (including phenoxy) is 1. The molecule has 0 aliphatic carbocycles. The van der Waals surface area contributed by atoms with Crippen LogP contribution >= 0.6 is 0 Å². The van der Waals surface area contributed by atoms with E-state index in [0.717, 1.165) is 5.52 Å². The zero-order chi connectivity index (χ0) is 20.1. The summed E-state index contributed by atoms with van der Waals surface area (Å²) in [7, 11) is 3.52. The van der Waals surface area contributed by atoms with Gasteiger partial charge < -0.3 is 30.0 Å². The van der Waals surface area contributed by atoms with Crippen molar-refractivity contribution >= 4 is 22.9 Å². The van der Waals surface area contributed by atoms with Crippen molar-refractivity contribution in [2.45, 2.75) is 6.10 Å². The molecule has 0 bridgehead atoms. The maximum Gasteiger partial charge on any atom is 0.251 e. The molecule has 0 radical (unpaired) electrons. The van der Waals surface area contributed by atoms with Crippen LogP contribution in [0, 0.1) is 0 Å². The smallest absolute Gasteiger partial charge is 0.251 e. The van der Waals surface area contributed by atoms with Gasteiger partial charge in [-0.15, -0.1) is 0 Å². The van der Waals surface area contributed by atoms with Crippen LogP contribution in [0.2, 0.25) is 0 Å². The maximum absolute atomic E-state index is 12.4. The van der Waals surface area contributed by atoms with E-state index in [-0.39, 0.29) is 18.0 Å². The second-order valence-electron chi connectivity index (χ2n) is 6.31. The van der Waals surface area contributed by atoms with Crippen molar-refractivity contribution in [3.05, 3.63) is 58.0 Å². The molecule has 0 saturated heterocycles. The van der Waals surface area contributed by atoms with E-state index in [0.29, 0.717) is 35.9 Å². The van der Waals surface area contributed by atoms with Gasteiger partial charge in [-0.2, -0.15) is 0 Å². The summed E-state index contributed by atoms with van der Waals surface area (Å²) in [5, 5.41) is 16.0. The van der Waals surface area contributed by atoms with Crippen molar-refractivity contribution in [2.24, 2.45) is 7.05 Å². The molecular formula is C19H23N5O4. The van der Waals surface area contributed by atoms with Gasteiger partial charge >= 0.3 is 0 Å². The number of carbonyl (C=O) groups is 1. The average Bonchev–Trinajstić information content (AvgIpc) is 3.01. The molecule has 9 nitrogen and oxygen atoms in total. The average molecular weight is 385 g/mol. The molecule has 1 aromatic carbocycles. The summed E-state index contributed by atoms with van der Waals surface area (Å²) in [6.07, 6.45) is -1.01. The van der Waals surface area contributed by atoms with Gasteiger partial charge in [0, 0.05) is 44.6 Å². The molecular weight excluding hydrogens is 362 g/mol. The number of H-pyrrole nitrogens is 1. The lowest BCUT2D eigenvalue weighted by Gasteiger charge is -2.12. The molecule has 28 heavy (non-hydrogen) atoms. The van der Waals surface area contributed by atoms with Crippen LogP contribution in [0.15, 0.2) is 41.2 Å². The first-order chi connectivity index (χ1) is 13.5. The monoisotopic (exact) mass is 385 g/mol. The number of aliphatic hydroxyl groups is 1. The normalized spacial score (nSPS) is 12.1. The van der Waals surface area contributed by atoms with Crippen molar-refractivity contribution in [2.75, 3.05) is 32.1 Å². The van der Waals surface area contributed by atoms with E-state index in [1.807, 2.05) is 17.7 Å². The van der Waals surface area contributed by atoms with Gasteiger partial charge in [0.05, 0.1) is 17.6 Å². The first kappa shape index (κ1) is 19.6. The number of carbonyl (C=O) groups excluding carboxylic acids is 1. The molecule has 0 fully saturated rings. The number of aromatic nitrogens is 3. The lowest BCUT2D eigenvalue weighted by atomic mass is 10.1. The molecule has 1 atom stereocenters. The van der Waals surface area contributed by atoms with E-state index in [9.17, 15) is 14.7 Å². The minimum atomic E-state index is -1.01. The van der Waals surface area contributed by atoms with Crippen LogP contribution in [0.25, 0.3) is 11.0 Å². The summed E-state index contributed by atoms with van der Waals surface area (Å²) in [6, 6.07) is 9.72. The Bertz CT molecular complexity index is 1030. The van der Waals surface area contributed by atoms with Gasteiger partial charge in [0.15, 0.2) is 0 Å². The van der Waals surface area contributed by atoms with Gasteiger partial charge in [-0.1, -0.05) is 6.07 Å². The number of fused-ring (bicyclic) bond motifs is 1. The van der Waals surface area contributed by atoms with Crippen LogP contribution in [-0.2, 0) is 11.8 Å². The number of pyridine rings is 1. The molecule has 148 valence electrons. The molecule has 0 spiro atoms. The van der Waals surface area contributed by atoms with Crippen molar-refractivity contribution in [1.29, 1.82) is 0 Å². The van der Waals surface area contributed by atoms with Crippen LogP contribution in [0.3, 0.4) is 0 Å². The molecule has 2 aromatic heterocycles. The summed E-state index contributed by atoms with van der Waals surface area (Å²) in [5.74, 6) is 0.354. The standard InChI is InChI=1S/C19H23N5O4/c1-24-15-7-6-12(10-14(15)23-19(24)20-8-9-28-2)18(27)21-11-16(25)13-4-3-5-17(26)22-13/h3-7,10,16,25H,8-9,11H2,1-2H3,(H,20,23)(H,21,27)(H,22,26).